The minimum atomic E-state index is -4.46. The first-order valence-electron chi connectivity index (χ1n) is 6.02. The fourth-order valence-corrected chi connectivity index (χ4v) is 1.81. The molecule has 0 saturated carbocycles. The topological polar surface area (TPSA) is 55.1 Å². The molecule has 0 fully saturated rings. The number of halogens is 4. The van der Waals surface area contributed by atoms with E-state index in [1.165, 1.54) is 6.07 Å². The van der Waals surface area contributed by atoms with E-state index in [1.807, 2.05) is 0 Å². The summed E-state index contributed by atoms with van der Waals surface area (Å²) >= 11 is 3.12. The van der Waals surface area contributed by atoms with Gasteiger partial charge >= 0.3 is 6.18 Å². The summed E-state index contributed by atoms with van der Waals surface area (Å²) in [5.74, 6) is -0.400. The van der Waals surface area contributed by atoms with Gasteiger partial charge in [-0.25, -0.2) is 0 Å². The Bertz CT molecular complexity index is 499. The van der Waals surface area contributed by atoms with E-state index >= 15 is 0 Å². The molecule has 7 heteroatoms. The number of hydrogen-bond acceptors (Lipinski definition) is 2. The van der Waals surface area contributed by atoms with Crippen molar-refractivity contribution < 1.29 is 18.0 Å². The number of carbonyl (C=O) groups excluding carboxylic acids is 1. The van der Waals surface area contributed by atoms with Crippen LogP contribution in [0.25, 0.3) is 0 Å². The minimum absolute atomic E-state index is 0.0814. The SMILES string of the molecule is CCC(C)(CN)C(=O)Nc1cc(C(F)(F)F)ccc1Br. The molecule has 112 valence electrons. The maximum atomic E-state index is 12.7. The Morgan fingerprint density at radius 2 is 2.00 bits per heavy atom. The average Bonchev–Trinajstić information content (AvgIpc) is 2.38. The Kier molecular flexibility index (Phi) is 5.21. The van der Waals surface area contributed by atoms with Crippen molar-refractivity contribution in [3.63, 3.8) is 0 Å². The van der Waals surface area contributed by atoms with E-state index < -0.39 is 23.1 Å². The average molecular weight is 353 g/mol. The van der Waals surface area contributed by atoms with Crippen molar-refractivity contribution in [1.82, 2.24) is 0 Å². The van der Waals surface area contributed by atoms with E-state index in [-0.39, 0.29) is 12.2 Å². The molecule has 0 aliphatic heterocycles. The summed E-state index contributed by atoms with van der Waals surface area (Å²) < 4.78 is 38.3. The first-order valence-corrected chi connectivity index (χ1v) is 6.81. The molecule has 1 unspecified atom stereocenters. The molecule has 1 amide bonds. The molecule has 0 bridgehead atoms. The highest BCUT2D eigenvalue weighted by Gasteiger charge is 2.33. The molecule has 3 N–H and O–H groups in total. The summed E-state index contributed by atoms with van der Waals surface area (Å²) in [4.78, 5) is 12.1. The number of nitrogens with one attached hydrogen (secondary N) is 1. The Labute approximate surface area is 123 Å². The predicted octanol–water partition coefficient (Wildman–Crippen LogP) is 3.78. The number of alkyl halides is 3. The van der Waals surface area contributed by atoms with E-state index in [1.54, 1.807) is 13.8 Å². The van der Waals surface area contributed by atoms with Crippen molar-refractivity contribution in [3.8, 4) is 0 Å². The summed E-state index contributed by atoms with van der Waals surface area (Å²) in [5.41, 5.74) is 4.01. The van der Waals surface area contributed by atoms with Gasteiger partial charge in [-0.15, -0.1) is 0 Å². The van der Waals surface area contributed by atoms with Crippen LogP contribution in [-0.4, -0.2) is 12.5 Å². The predicted molar refractivity (Wildman–Crippen MR) is 75.2 cm³/mol. The molecule has 1 rings (SSSR count). The Morgan fingerprint density at radius 3 is 2.45 bits per heavy atom. The van der Waals surface area contributed by atoms with Crippen molar-refractivity contribution in [3.05, 3.63) is 28.2 Å². The van der Waals surface area contributed by atoms with Crippen LogP contribution in [0.5, 0.6) is 0 Å². The van der Waals surface area contributed by atoms with Crippen molar-refractivity contribution in [1.29, 1.82) is 0 Å². The van der Waals surface area contributed by atoms with Crippen LogP contribution in [0.1, 0.15) is 25.8 Å². The third kappa shape index (κ3) is 3.73. The van der Waals surface area contributed by atoms with Crippen LogP contribution in [0.15, 0.2) is 22.7 Å². The van der Waals surface area contributed by atoms with E-state index in [4.69, 9.17) is 5.73 Å². The first kappa shape index (κ1) is 17.0. The summed E-state index contributed by atoms with van der Waals surface area (Å²) in [5, 5.41) is 2.50. The maximum absolute atomic E-state index is 12.7. The molecule has 1 aromatic rings. The van der Waals surface area contributed by atoms with Crippen molar-refractivity contribution in [2.24, 2.45) is 11.1 Å². The van der Waals surface area contributed by atoms with Crippen LogP contribution < -0.4 is 11.1 Å². The van der Waals surface area contributed by atoms with E-state index in [0.29, 0.717) is 10.9 Å². The van der Waals surface area contributed by atoms with Crippen LogP contribution in [0, 0.1) is 5.41 Å². The lowest BCUT2D eigenvalue weighted by molar-refractivity contribution is -0.137. The van der Waals surface area contributed by atoms with Gasteiger partial charge in [0, 0.05) is 11.0 Å². The number of anilines is 1. The molecule has 0 aliphatic carbocycles. The number of amides is 1. The smallest absolute Gasteiger partial charge is 0.329 e. The number of benzene rings is 1. The lowest BCUT2D eigenvalue weighted by Gasteiger charge is -2.25. The fourth-order valence-electron chi connectivity index (χ4n) is 1.47. The molecule has 0 radical (unpaired) electrons. The maximum Gasteiger partial charge on any atom is 0.416 e. The number of nitrogens with two attached hydrogens (primary N) is 1. The molecule has 1 aromatic carbocycles. The third-order valence-electron chi connectivity index (χ3n) is 3.32. The molecular weight excluding hydrogens is 337 g/mol. The van der Waals surface area contributed by atoms with Gasteiger partial charge in [0.05, 0.1) is 16.7 Å². The van der Waals surface area contributed by atoms with Gasteiger partial charge in [0.25, 0.3) is 0 Å². The molecular formula is C13H16BrF3N2O. The Hall–Kier alpha value is -1.08. The standard InChI is InChI=1S/C13H16BrF3N2O/c1-3-12(2,7-18)11(20)19-10-6-8(13(15,16)17)4-5-9(10)14/h4-6H,3,7,18H2,1-2H3,(H,19,20). The minimum Gasteiger partial charge on any atom is -0.329 e. The quantitative estimate of drug-likeness (QED) is 0.866. The van der Waals surface area contributed by atoms with E-state index in [2.05, 4.69) is 21.2 Å². The number of carbonyl (C=O) groups is 1. The second kappa shape index (κ2) is 6.13. The van der Waals surface area contributed by atoms with Gasteiger partial charge in [-0.2, -0.15) is 13.2 Å². The monoisotopic (exact) mass is 352 g/mol. The zero-order valence-electron chi connectivity index (χ0n) is 11.1. The summed E-state index contributed by atoms with van der Waals surface area (Å²) in [6.45, 7) is 3.59. The zero-order chi connectivity index (χ0) is 15.6. The molecule has 0 saturated heterocycles. The van der Waals surface area contributed by atoms with Crippen molar-refractivity contribution >= 4 is 27.5 Å². The van der Waals surface area contributed by atoms with Gasteiger partial charge in [0.2, 0.25) is 5.91 Å². The van der Waals surface area contributed by atoms with Crippen molar-refractivity contribution in [2.75, 3.05) is 11.9 Å². The van der Waals surface area contributed by atoms with Crippen LogP contribution in [0.2, 0.25) is 0 Å². The van der Waals surface area contributed by atoms with Gasteiger partial charge in [-0.1, -0.05) is 6.92 Å². The van der Waals surface area contributed by atoms with Crippen LogP contribution in [0.3, 0.4) is 0 Å². The van der Waals surface area contributed by atoms with Gasteiger partial charge in [0.1, 0.15) is 0 Å². The Balaban J connectivity index is 3.06. The van der Waals surface area contributed by atoms with Crippen LogP contribution >= 0.6 is 15.9 Å². The van der Waals surface area contributed by atoms with E-state index in [0.717, 1.165) is 12.1 Å². The largest absolute Gasteiger partial charge is 0.416 e. The fraction of sp³-hybridized carbons (Fsp3) is 0.462. The third-order valence-corrected chi connectivity index (χ3v) is 4.01. The van der Waals surface area contributed by atoms with Crippen molar-refractivity contribution in [2.45, 2.75) is 26.4 Å². The first-order chi connectivity index (χ1) is 9.14. The highest BCUT2D eigenvalue weighted by molar-refractivity contribution is 9.10. The lowest BCUT2D eigenvalue weighted by Crippen LogP contribution is -2.39. The van der Waals surface area contributed by atoms with Gasteiger partial charge in [0.15, 0.2) is 0 Å². The summed E-state index contributed by atoms with van der Waals surface area (Å²) in [7, 11) is 0. The summed E-state index contributed by atoms with van der Waals surface area (Å²) in [6, 6.07) is 3.10. The normalized spacial score (nSPS) is 14.8. The molecule has 0 aromatic heterocycles. The van der Waals surface area contributed by atoms with Crippen LogP contribution in [0.4, 0.5) is 18.9 Å². The van der Waals surface area contributed by atoms with Gasteiger partial charge in [-0.3, -0.25) is 4.79 Å². The molecule has 0 spiro atoms. The Morgan fingerprint density at radius 1 is 1.40 bits per heavy atom. The second-order valence-corrected chi connectivity index (χ2v) is 5.62. The van der Waals surface area contributed by atoms with Gasteiger partial charge in [-0.05, 0) is 47.5 Å². The molecule has 1 atom stereocenters. The second-order valence-electron chi connectivity index (χ2n) is 4.76. The molecule has 3 nitrogen and oxygen atoms in total. The number of hydrogen-bond donors (Lipinski definition) is 2. The highest BCUT2D eigenvalue weighted by Crippen LogP contribution is 2.34. The number of rotatable bonds is 4. The van der Waals surface area contributed by atoms with E-state index in [9.17, 15) is 18.0 Å². The highest BCUT2D eigenvalue weighted by atomic mass is 79.9. The van der Waals surface area contributed by atoms with Gasteiger partial charge < -0.3 is 11.1 Å². The molecule has 0 aliphatic rings. The van der Waals surface area contributed by atoms with Crippen LogP contribution in [-0.2, 0) is 11.0 Å². The molecule has 20 heavy (non-hydrogen) atoms. The zero-order valence-corrected chi connectivity index (χ0v) is 12.7. The molecule has 0 heterocycles. The summed E-state index contributed by atoms with van der Waals surface area (Å²) in [6.07, 6.45) is -3.96. The lowest BCUT2D eigenvalue weighted by atomic mass is 9.86.